The monoisotopic (exact) mass is 422 g/mol. The van der Waals surface area contributed by atoms with Gasteiger partial charge < -0.3 is 9.94 Å². The van der Waals surface area contributed by atoms with Gasteiger partial charge in [-0.05, 0) is 45.3 Å². The van der Waals surface area contributed by atoms with Crippen LogP contribution >= 0.6 is 0 Å². The highest BCUT2D eigenvalue weighted by atomic mass is 16.6. The summed E-state index contributed by atoms with van der Waals surface area (Å²) in [5.41, 5.74) is 4.52. The van der Waals surface area contributed by atoms with Gasteiger partial charge in [0, 0.05) is 42.9 Å². The van der Waals surface area contributed by atoms with Crippen LogP contribution in [-0.2, 0) is 16.2 Å². The number of benzene rings is 1. The summed E-state index contributed by atoms with van der Waals surface area (Å²) in [6.07, 6.45) is 5.83. The second kappa shape index (κ2) is 8.67. The van der Waals surface area contributed by atoms with Crippen molar-refractivity contribution in [2.75, 3.05) is 13.1 Å². The first-order valence-electron chi connectivity index (χ1n) is 10.8. The van der Waals surface area contributed by atoms with Gasteiger partial charge in [0.2, 0.25) is 0 Å². The average molecular weight is 423 g/mol. The van der Waals surface area contributed by atoms with E-state index in [9.17, 15) is 9.90 Å². The van der Waals surface area contributed by atoms with Crippen molar-refractivity contribution >= 4 is 17.9 Å². The first kappa shape index (κ1) is 21.3. The quantitative estimate of drug-likeness (QED) is 0.733. The van der Waals surface area contributed by atoms with E-state index in [1.54, 1.807) is 10.9 Å². The zero-order chi connectivity index (χ0) is 22.0. The maximum absolute atomic E-state index is 12.3. The normalized spacial score (nSPS) is 20.8. The minimum absolute atomic E-state index is 0.190. The van der Waals surface area contributed by atoms with E-state index < -0.39 is 11.4 Å². The van der Waals surface area contributed by atoms with Crippen LogP contribution in [0, 0.1) is 19.3 Å². The summed E-state index contributed by atoms with van der Waals surface area (Å²) < 4.78 is 1.72. The summed E-state index contributed by atoms with van der Waals surface area (Å²) in [6, 6.07) is 8.10. The zero-order valence-corrected chi connectivity index (χ0v) is 18.3. The zero-order valence-electron chi connectivity index (χ0n) is 18.3. The predicted molar refractivity (Wildman–Crippen MR) is 120 cm³/mol. The van der Waals surface area contributed by atoms with Gasteiger partial charge in [0.1, 0.15) is 6.10 Å². The van der Waals surface area contributed by atoms with E-state index in [2.05, 4.69) is 34.7 Å². The number of oxime groups is 1. The van der Waals surface area contributed by atoms with Crippen molar-refractivity contribution in [3.05, 3.63) is 59.4 Å². The maximum atomic E-state index is 12.3. The van der Waals surface area contributed by atoms with Crippen LogP contribution in [0.3, 0.4) is 0 Å². The van der Waals surface area contributed by atoms with Gasteiger partial charge >= 0.3 is 5.97 Å². The first-order chi connectivity index (χ1) is 14.9. The topological polar surface area (TPSA) is 80.0 Å². The molecule has 2 aromatic rings. The van der Waals surface area contributed by atoms with E-state index in [-0.39, 0.29) is 6.10 Å². The van der Waals surface area contributed by atoms with Crippen molar-refractivity contribution in [2.24, 2.45) is 10.6 Å². The van der Waals surface area contributed by atoms with Gasteiger partial charge in [-0.3, -0.25) is 9.69 Å². The fraction of sp³-hybridized carbons (Fsp3) is 0.458. The molecule has 0 amide bonds. The molecule has 1 atom stereocenters. The van der Waals surface area contributed by atoms with Crippen molar-refractivity contribution in [3.63, 3.8) is 0 Å². The third-order valence-corrected chi connectivity index (χ3v) is 6.67. The molecule has 7 heteroatoms. The Balaban J connectivity index is 1.37. The number of aromatic nitrogens is 2. The molecule has 1 N–H and O–H groups in total. The molecule has 1 aromatic heterocycles. The lowest BCUT2D eigenvalue weighted by molar-refractivity contribution is -0.155. The molecule has 0 aliphatic carbocycles. The molecule has 31 heavy (non-hydrogen) atoms. The average Bonchev–Trinajstić information content (AvgIpc) is 3.36. The molecular weight excluding hydrogens is 392 g/mol. The van der Waals surface area contributed by atoms with Crippen molar-refractivity contribution < 1.29 is 14.7 Å². The molecule has 2 aliphatic rings. The summed E-state index contributed by atoms with van der Waals surface area (Å²) in [4.78, 5) is 20.3. The molecule has 1 saturated heterocycles. The number of hydrogen-bond acceptors (Lipinski definition) is 5. The van der Waals surface area contributed by atoms with Crippen molar-refractivity contribution in [2.45, 2.75) is 52.2 Å². The first-order valence-corrected chi connectivity index (χ1v) is 10.8. The molecule has 0 radical (unpaired) electrons. The largest absolute Gasteiger partial charge is 0.481 e. The predicted octanol–water partition coefficient (Wildman–Crippen LogP) is 3.85. The lowest BCUT2D eigenvalue weighted by Crippen LogP contribution is -2.45. The molecule has 2 aliphatic heterocycles. The second-order valence-electron chi connectivity index (χ2n) is 8.75. The van der Waals surface area contributed by atoms with Crippen LogP contribution in [0.4, 0.5) is 0 Å². The number of aliphatic carboxylic acids is 1. The van der Waals surface area contributed by atoms with Gasteiger partial charge in [-0.2, -0.15) is 5.10 Å². The maximum Gasteiger partial charge on any atom is 0.309 e. The highest BCUT2D eigenvalue weighted by molar-refractivity contribution is 6.02. The van der Waals surface area contributed by atoms with Crippen LogP contribution in [-0.4, -0.2) is 50.7 Å². The Morgan fingerprint density at radius 3 is 2.71 bits per heavy atom. The standard InChI is InChI=1S/C24H30N4O3/c1-4-28-16-19(18(3)25-28)15-27-11-9-24(10-12-27,23(29)30)14-20-13-22(26-31-20)21-8-6-5-7-17(21)2/h4-8,16,20H,1,9-15H2,2-3H3,(H,29,30)/t20-/m0/s1. The van der Waals surface area contributed by atoms with E-state index in [1.807, 2.05) is 31.3 Å². The van der Waals surface area contributed by atoms with Gasteiger partial charge in [-0.1, -0.05) is 36.0 Å². The Labute approximate surface area is 183 Å². The fourth-order valence-electron chi connectivity index (χ4n) is 4.68. The molecule has 1 fully saturated rings. The Morgan fingerprint density at radius 1 is 1.32 bits per heavy atom. The van der Waals surface area contributed by atoms with Crippen LogP contribution in [0.25, 0.3) is 6.20 Å². The van der Waals surface area contributed by atoms with Crippen molar-refractivity contribution in [1.29, 1.82) is 0 Å². The molecule has 4 rings (SSSR count). The van der Waals surface area contributed by atoms with Crippen molar-refractivity contribution in [3.8, 4) is 0 Å². The summed E-state index contributed by atoms with van der Waals surface area (Å²) in [6.45, 7) is 10.0. The van der Waals surface area contributed by atoms with Crippen LogP contribution < -0.4 is 0 Å². The smallest absolute Gasteiger partial charge is 0.309 e. The molecule has 7 nitrogen and oxygen atoms in total. The summed E-state index contributed by atoms with van der Waals surface area (Å²) in [7, 11) is 0. The molecule has 0 spiro atoms. The van der Waals surface area contributed by atoms with Crippen LogP contribution in [0.2, 0.25) is 0 Å². The third-order valence-electron chi connectivity index (χ3n) is 6.67. The number of piperidine rings is 1. The van der Waals surface area contributed by atoms with Crippen LogP contribution in [0.1, 0.15) is 48.1 Å². The molecule has 3 heterocycles. The second-order valence-corrected chi connectivity index (χ2v) is 8.75. The highest BCUT2D eigenvalue weighted by Gasteiger charge is 2.45. The number of rotatable bonds is 7. The molecule has 0 saturated carbocycles. The Morgan fingerprint density at radius 2 is 2.06 bits per heavy atom. The van der Waals surface area contributed by atoms with E-state index in [0.717, 1.165) is 47.7 Å². The van der Waals surface area contributed by atoms with Gasteiger partial charge in [0.05, 0.1) is 16.8 Å². The lowest BCUT2D eigenvalue weighted by atomic mass is 9.73. The van der Waals surface area contributed by atoms with Crippen LogP contribution in [0.15, 0.2) is 42.2 Å². The van der Waals surface area contributed by atoms with Crippen molar-refractivity contribution in [1.82, 2.24) is 14.7 Å². The van der Waals surface area contributed by atoms with E-state index >= 15 is 0 Å². The fourth-order valence-corrected chi connectivity index (χ4v) is 4.68. The number of hydrogen-bond donors (Lipinski definition) is 1. The van der Waals surface area contributed by atoms with E-state index in [4.69, 9.17) is 4.84 Å². The molecule has 164 valence electrons. The third kappa shape index (κ3) is 4.42. The van der Waals surface area contributed by atoms with Gasteiger partial charge in [-0.15, -0.1) is 0 Å². The van der Waals surface area contributed by atoms with E-state index in [0.29, 0.717) is 25.7 Å². The number of carbonyl (C=O) groups is 1. The highest BCUT2D eigenvalue weighted by Crippen LogP contribution is 2.39. The van der Waals surface area contributed by atoms with E-state index in [1.165, 1.54) is 0 Å². The van der Waals surface area contributed by atoms with Crippen LogP contribution in [0.5, 0.6) is 0 Å². The van der Waals surface area contributed by atoms with Gasteiger partial charge in [0.15, 0.2) is 0 Å². The number of nitrogens with zero attached hydrogens (tertiary/aromatic N) is 4. The SMILES string of the molecule is C=Cn1cc(CN2CCC(C[C@@H]3CC(c4ccccc4C)=NO3)(C(=O)O)CC2)c(C)n1. The lowest BCUT2D eigenvalue weighted by Gasteiger charge is -2.39. The minimum atomic E-state index is -0.766. The molecular formula is C24H30N4O3. The molecule has 0 bridgehead atoms. The summed E-state index contributed by atoms with van der Waals surface area (Å²) >= 11 is 0. The summed E-state index contributed by atoms with van der Waals surface area (Å²) in [5, 5.41) is 18.8. The number of aryl methyl sites for hydroxylation is 2. The van der Waals surface area contributed by atoms with Gasteiger partial charge in [-0.25, -0.2) is 4.68 Å². The minimum Gasteiger partial charge on any atom is -0.481 e. The molecule has 1 aromatic carbocycles. The number of carboxylic acid groups (broad SMARTS) is 1. The Hall–Kier alpha value is -2.93. The molecule has 0 unspecified atom stereocenters. The Bertz CT molecular complexity index is 1000. The summed E-state index contributed by atoms with van der Waals surface area (Å²) in [5.74, 6) is -0.726. The number of likely N-dealkylation sites (tertiary alicyclic amines) is 1. The Kier molecular flexibility index (Phi) is 5.96. The van der Waals surface area contributed by atoms with Gasteiger partial charge in [0.25, 0.3) is 0 Å². The number of carboxylic acids is 1.